The van der Waals surface area contributed by atoms with E-state index in [4.69, 9.17) is 25.8 Å². The van der Waals surface area contributed by atoms with Crippen LogP contribution in [0.15, 0.2) is 12.4 Å². The van der Waals surface area contributed by atoms with Crippen molar-refractivity contribution in [3.8, 4) is 17.6 Å². The van der Waals surface area contributed by atoms with Gasteiger partial charge in [0.15, 0.2) is 0 Å². The SMILES string of the molecule is CCOC(=O)OCCC#Cc1cn(Cc2ncc(C)c(OC)c2C)c2nc(N(CC)C(=O)O)nc(Cl)c12. The topological polar surface area (TPSA) is 129 Å². The van der Waals surface area contributed by atoms with E-state index in [9.17, 15) is 14.7 Å². The van der Waals surface area contributed by atoms with Crippen molar-refractivity contribution in [1.82, 2.24) is 19.5 Å². The van der Waals surface area contributed by atoms with Gasteiger partial charge in [0.2, 0.25) is 5.95 Å². The first-order valence-corrected chi connectivity index (χ1v) is 11.9. The number of carbonyl (C=O) groups excluding carboxylic acids is 1. The van der Waals surface area contributed by atoms with Crippen molar-refractivity contribution < 1.29 is 28.9 Å². The van der Waals surface area contributed by atoms with E-state index in [0.29, 0.717) is 23.1 Å². The van der Waals surface area contributed by atoms with Gasteiger partial charge in [-0.05, 0) is 27.7 Å². The van der Waals surface area contributed by atoms with Crippen LogP contribution in [0.3, 0.4) is 0 Å². The summed E-state index contributed by atoms with van der Waals surface area (Å²) in [7, 11) is 1.61. The van der Waals surface area contributed by atoms with Gasteiger partial charge in [0.25, 0.3) is 0 Å². The number of fused-ring (bicyclic) bond motifs is 1. The molecule has 37 heavy (non-hydrogen) atoms. The Morgan fingerprint density at radius 1 is 1.22 bits per heavy atom. The van der Waals surface area contributed by atoms with Gasteiger partial charge in [-0.15, -0.1) is 0 Å². The molecule has 12 heteroatoms. The first-order chi connectivity index (χ1) is 17.7. The standard InChI is InChI=1S/C25H28ClN5O6/c1-6-31(24(32)33)23-28-21(26)19-17(10-8-9-11-37-25(34)36-7-2)13-30(22(19)29-23)14-18-16(4)20(35-5)15(3)12-27-18/h12-13H,6-7,9,11,14H2,1-5H3,(H,32,33). The molecule has 0 aliphatic heterocycles. The molecular weight excluding hydrogens is 502 g/mol. The lowest BCUT2D eigenvalue weighted by Crippen LogP contribution is -2.30. The van der Waals surface area contributed by atoms with Crippen molar-refractivity contribution in [2.24, 2.45) is 0 Å². The van der Waals surface area contributed by atoms with E-state index in [2.05, 4.69) is 26.8 Å². The number of pyridine rings is 1. The van der Waals surface area contributed by atoms with Crippen LogP contribution < -0.4 is 9.64 Å². The van der Waals surface area contributed by atoms with Crippen molar-refractivity contribution in [1.29, 1.82) is 0 Å². The van der Waals surface area contributed by atoms with E-state index in [1.54, 1.807) is 37.9 Å². The summed E-state index contributed by atoms with van der Waals surface area (Å²) in [5.41, 5.74) is 3.46. The summed E-state index contributed by atoms with van der Waals surface area (Å²) < 4.78 is 17.0. The summed E-state index contributed by atoms with van der Waals surface area (Å²) in [6.07, 6.45) is 1.81. The van der Waals surface area contributed by atoms with E-state index in [-0.39, 0.29) is 37.3 Å². The third kappa shape index (κ3) is 6.21. The highest BCUT2D eigenvalue weighted by Gasteiger charge is 2.22. The van der Waals surface area contributed by atoms with Crippen LogP contribution in [0.5, 0.6) is 5.75 Å². The fourth-order valence-electron chi connectivity index (χ4n) is 3.73. The van der Waals surface area contributed by atoms with Crippen LogP contribution >= 0.6 is 11.6 Å². The Kier molecular flexibility index (Phi) is 9.14. The number of aryl methyl sites for hydroxylation is 1. The zero-order valence-corrected chi connectivity index (χ0v) is 22.0. The number of anilines is 1. The Morgan fingerprint density at radius 2 is 1.97 bits per heavy atom. The van der Waals surface area contributed by atoms with Crippen LogP contribution in [0.4, 0.5) is 15.5 Å². The van der Waals surface area contributed by atoms with Crippen LogP contribution in [-0.2, 0) is 16.0 Å². The minimum Gasteiger partial charge on any atom is -0.496 e. The summed E-state index contributed by atoms with van der Waals surface area (Å²) in [5, 5.41) is 10.1. The molecule has 11 nitrogen and oxygen atoms in total. The number of carboxylic acid groups (broad SMARTS) is 1. The summed E-state index contributed by atoms with van der Waals surface area (Å²) in [6.45, 7) is 7.93. The lowest BCUT2D eigenvalue weighted by atomic mass is 10.1. The normalized spacial score (nSPS) is 10.5. The summed E-state index contributed by atoms with van der Waals surface area (Å²) in [4.78, 5) is 37.3. The molecule has 0 bridgehead atoms. The van der Waals surface area contributed by atoms with Gasteiger partial charge in [0, 0.05) is 36.5 Å². The predicted octanol–water partition coefficient (Wildman–Crippen LogP) is 4.57. The van der Waals surface area contributed by atoms with Crippen LogP contribution in [0, 0.1) is 25.7 Å². The minimum absolute atomic E-state index is 0.0413. The van der Waals surface area contributed by atoms with E-state index in [1.165, 1.54) is 0 Å². The van der Waals surface area contributed by atoms with Gasteiger partial charge in [-0.25, -0.2) is 14.5 Å². The van der Waals surface area contributed by atoms with Crippen molar-refractivity contribution in [2.45, 2.75) is 40.7 Å². The van der Waals surface area contributed by atoms with Crippen LogP contribution in [0.2, 0.25) is 5.15 Å². The molecule has 3 heterocycles. The Balaban J connectivity index is 2.06. The van der Waals surface area contributed by atoms with E-state index in [0.717, 1.165) is 27.5 Å². The molecule has 1 N–H and O–H groups in total. The Bertz CT molecular complexity index is 1380. The highest BCUT2D eigenvalue weighted by atomic mass is 35.5. The van der Waals surface area contributed by atoms with E-state index >= 15 is 0 Å². The van der Waals surface area contributed by atoms with Gasteiger partial charge < -0.3 is 23.9 Å². The number of halogens is 1. The fourth-order valence-corrected chi connectivity index (χ4v) is 3.99. The van der Waals surface area contributed by atoms with Crippen LogP contribution in [0.1, 0.15) is 42.7 Å². The highest BCUT2D eigenvalue weighted by molar-refractivity contribution is 6.34. The molecule has 0 aromatic carbocycles. The van der Waals surface area contributed by atoms with Gasteiger partial charge >= 0.3 is 12.2 Å². The van der Waals surface area contributed by atoms with Crippen LogP contribution in [0.25, 0.3) is 11.0 Å². The quantitative estimate of drug-likeness (QED) is 0.193. The molecule has 0 aliphatic carbocycles. The molecule has 0 fully saturated rings. The highest BCUT2D eigenvalue weighted by Crippen LogP contribution is 2.30. The summed E-state index contributed by atoms with van der Waals surface area (Å²) >= 11 is 6.53. The first-order valence-electron chi connectivity index (χ1n) is 11.6. The molecular formula is C25H28ClN5O6. The molecule has 0 radical (unpaired) electrons. The molecule has 3 rings (SSSR count). The number of methoxy groups -OCH3 is 1. The molecule has 1 amide bonds. The number of nitrogens with zero attached hydrogens (tertiary/aromatic N) is 5. The Hall–Kier alpha value is -4.04. The second-order valence-electron chi connectivity index (χ2n) is 7.84. The maximum atomic E-state index is 11.7. The third-order valence-electron chi connectivity index (χ3n) is 5.45. The fraction of sp³-hybridized carbons (Fsp3) is 0.400. The summed E-state index contributed by atoms with van der Waals surface area (Å²) in [6, 6.07) is 0. The number of carbonyl (C=O) groups is 2. The Labute approximate surface area is 219 Å². The van der Waals surface area contributed by atoms with Gasteiger partial charge in [-0.1, -0.05) is 23.4 Å². The molecule has 0 saturated heterocycles. The van der Waals surface area contributed by atoms with Gasteiger partial charge in [0.1, 0.15) is 23.2 Å². The summed E-state index contributed by atoms with van der Waals surface area (Å²) in [5.74, 6) is 6.67. The number of rotatable bonds is 8. The average Bonchev–Trinajstić information content (AvgIpc) is 3.19. The van der Waals surface area contributed by atoms with Gasteiger partial charge in [0.05, 0.1) is 36.9 Å². The second kappa shape index (κ2) is 12.3. The molecule has 3 aromatic heterocycles. The average molecular weight is 530 g/mol. The molecule has 196 valence electrons. The lowest BCUT2D eigenvalue weighted by molar-refractivity contribution is 0.0607. The van der Waals surface area contributed by atoms with Gasteiger partial charge in [-0.2, -0.15) is 9.97 Å². The monoisotopic (exact) mass is 529 g/mol. The molecule has 0 spiro atoms. The predicted molar refractivity (Wildman–Crippen MR) is 137 cm³/mol. The van der Waals surface area contributed by atoms with Gasteiger partial charge in [-0.3, -0.25) is 4.98 Å². The maximum absolute atomic E-state index is 11.7. The Morgan fingerprint density at radius 3 is 2.62 bits per heavy atom. The maximum Gasteiger partial charge on any atom is 0.508 e. The first kappa shape index (κ1) is 27.5. The van der Waals surface area contributed by atoms with E-state index in [1.807, 2.05) is 13.8 Å². The number of hydrogen-bond donors (Lipinski definition) is 1. The smallest absolute Gasteiger partial charge is 0.496 e. The van der Waals surface area contributed by atoms with Crippen LogP contribution in [-0.4, -0.2) is 63.7 Å². The van der Waals surface area contributed by atoms with Crippen molar-refractivity contribution in [2.75, 3.05) is 31.8 Å². The third-order valence-corrected chi connectivity index (χ3v) is 5.72. The van der Waals surface area contributed by atoms with Crippen molar-refractivity contribution >= 4 is 40.8 Å². The number of hydrogen-bond acceptors (Lipinski definition) is 8. The second-order valence-corrected chi connectivity index (χ2v) is 8.20. The molecule has 0 atom stereocenters. The number of ether oxygens (including phenoxy) is 3. The molecule has 0 unspecified atom stereocenters. The molecule has 0 saturated carbocycles. The zero-order chi connectivity index (χ0) is 27.1. The van der Waals surface area contributed by atoms with Crippen molar-refractivity contribution in [3.05, 3.63) is 39.9 Å². The molecule has 3 aromatic rings. The number of aromatic nitrogens is 4. The minimum atomic E-state index is -1.20. The zero-order valence-electron chi connectivity index (χ0n) is 21.3. The van der Waals surface area contributed by atoms with Crippen molar-refractivity contribution in [3.63, 3.8) is 0 Å². The van der Waals surface area contributed by atoms with E-state index < -0.39 is 12.2 Å². The number of amides is 1. The lowest BCUT2D eigenvalue weighted by Gasteiger charge is -2.16. The molecule has 0 aliphatic rings. The largest absolute Gasteiger partial charge is 0.508 e.